The first-order valence-corrected chi connectivity index (χ1v) is 6.36. The van der Waals surface area contributed by atoms with E-state index in [0.29, 0.717) is 21.7 Å². The van der Waals surface area contributed by atoms with Gasteiger partial charge in [-0.05, 0) is 36.4 Å². The van der Waals surface area contributed by atoms with E-state index in [1.54, 1.807) is 18.2 Å². The lowest BCUT2D eigenvalue weighted by Gasteiger charge is -2.10. The van der Waals surface area contributed by atoms with Gasteiger partial charge in [-0.2, -0.15) is 13.2 Å². The van der Waals surface area contributed by atoms with Gasteiger partial charge in [0.25, 0.3) is 0 Å². The minimum absolute atomic E-state index is 0.165. The van der Waals surface area contributed by atoms with Crippen molar-refractivity contribution in [3.63, 3.8) is 0 Å². The fourth-order valence-electron chi connectivity index (χ4n) is 2.16. The van der Waals surface area contributed by atoms with Gasteiger partial charge in [0.15, 0.2) is 0 Å². The predicted octanol–water partition coefficient (Wildman–Crippen LogP) is 4.28. The Kier molecular flexibility index (Phi) is 3.06. The smallest absolute Gasteiger partial charge is 0.369 e. The monoisotopic (exact) mass is 311 g/mol. The lowest BCUT2D eigenvalue weighted by atomic mass is 10.2. The predicted molar refractivity (Wildman–Crippen MR) is 75.5 cm³/mol. The van der Waals surface area contributed by atoms with Gasteiger partial charge < -0.3 is 5.73 Å². The average Bonchev–Trinajstić information content (AvgIpc) is 2.75. The van der Waals surface area contributed by atoms with Crippen molar-refractivity contribution in [2.24, 2.45) is 0 Å². The van der Waals surface area contributed by atoms with Gasteiger partial charge in [0.1, 0.15) is 0 Å². The molecule has 21 heavy (non-hydrogen) atoms. The molecule has 0 aliphatic rings. The van der Waals surface area contributed by atoms with Crippen LogP contribution in [0, 0.1) is 0 Å². The molecular formula is C14H9ClF3N3. The van der Waals surface area contributed by atoms with Crippen LogP contribution >= 0.6 is 11.6 Å². The summed E-state index contributed by atoms with van der Waals surface area (Å²) in [5.41, 5.74) is 6.75. The molecule has 0 saturated carbocycles. The van der Waals surface area contributed by atoms with Crippen LogP contribution in [0.2, 0.25) is 5.02 Å². The Morgan fingerprint density at radius 3 is 2.33 bits per heavy atom. The van der Waals surface area contributed by atoms with Gasteiger partial charge in [-0.1, -0.05) is 17.7 Å². The molecule has 0 amide bonds. The van der Waals surface area contributed by atoms with Crippen LogP contribution in [0.1, 0.15) is 5.56 Å². The largest absolute Gasteiger partial charge is 0.416 e. The molecule has 3 aromatic rings. The van der Waals surface area contributed by atoms with E-state index in [1.165, 1.54) is 16.7 Å². The molecule has 0 aliphatic heterocycles. The number of imidazole rings is 1. The van der Waals surface area contributed by atoms with Gasteiger partial charge >= 0.3 is 6.18 Å². The molecule has 108 valence electrons. The fraction of sp³-hybridized carbons (Fsp3) is 0.0714. The highest BCUT2D eigenvalue weighted by atomic mass is 35.5. The number of hydrogen-bond acceptors (Lipinski definition) is 2. The first-order valence-electron chi connectivity index (χ1n) is 5.98. The summed E-state index contributed by atoms with van der Waals surface area (Å²) in [6.45, 7) is 0. The SMILES string of the molecule is Nc1nc2cccc(Cl)c2n1-c1ccc(C(F)(F)F)cc1. The number of fused-ring (bicyclic) bond motifs is 1. The molecule has 1 heterocycles. The van der Waals surface area contributed by atoms with E-state index in [9.17, 15) is 13.2 Å². The number of nitrogen functional groups attached to an aromatic ring is 1. The Morgan fingerprint density at radius 1 is 1.05 bits per heavy atom. The summed E-state index contributed by atoms with van der Waals surface area (Å²) in [6.07, 6.45) is -4.38. The summed E-state index contributed by atoms with van der Waals surface area (Å²) >= 11 is 6.13. The molecule has 0 unspecified atom stereocenters. The molecule has 0 bridgehead atoms. The molecule has 0 spiro atoms. The highest BCUT2D eigenvalue weighted by Crippen LogP contribution is 2.32. The minimum Gasteiger partial charge on any atom is -0.369 e. The first-order chi connectivity index (χ1) is 9.88. The van der Waals surface area contributed by atoms with Crippen LogP contribution in [-0.2, 0) is 6.18 Å². The number of halogens is 4. The number of rotatable bonds is 1. The quantitative estimate of drug-likeness (QED) is 0.729. The van der Waals surface area contributed by atoms with Crippen molar-refractivity contribution in [1.29, 1.82) is 0 Å². The number of aromatic nitrogens is 2. The summed E-state index contributed by atoms with van der Waals surface area (Å²) < 4.78 is 39.3. The standard InChI is InChI=1S/C14H9ClF3N3/c15-10-2-1-3-11-12(10)21(13(19)20-11)9-6-4-8(5-7-9)14(16,17)18/h1-7H,(H2,19,20). The van der Waals surface area contributed by atoms with E-state index in [1.807, 2.05) is 0 Å². The van der Waals surface area contributed by atoms with Gasteiger partial charge in [0, 0.05) is 5.69 Å². The minimum atomic E-state index is -4.38. The molecular weight excluding hydrogens is 303 g/mol. The van der Waals surface area contributed by atoms with Crippen LogP contribution < -0.4 is 5.73 Å². The van der Waals surface area contributed by atoms with Crippen LogP contribution in [0.4, 0.5) is 19.1 Å². The van der Waals surface area contributed by atoms with Gasteiger partial charge in [-0.15, -0.1) is 0 Å². The number of benzene rings is 2. The third-order valence-electron chi connectivity index (χ3n) is 3.11. The van der Waals surface area contributed by atoms with Crippen LogP contribution in [0.25, 0.3) is 16.7 Å². The molecule has 0 fully saturated rings. The lowest BCUT2D eigenvalue weighted by Crippen LogP contribution is -2.06. The first kappa shape index (κ1) is 13.8. The zero-order valence-corrected chi connectivity index (χ0v) is 11.3. The Morgan fingerprint density at radius 2 is 1.71 bits per heavy atom. The number of nitrogens with two attached hydrogens (primary N) is 1. The maximum absolute atomic E-state index is 12.6. The lowest BCUT2D eigenvalue weighted by molar-refractivity contribution is -0.137. The molecule has 0 atom stereocenters. The second kappa shape index (κ2) is 4.66. The van der Waals surface area contributed by atoms with E-state index < -0.39 is 11.7 Å². The van der Waals surface area contributed by atoms with Crippen LogP contribution in [-0.4, -0.2) is 9.55 Å². The zero-order valence-electron chi connectivity index (χ0n) is 10.5. The summed E-state index contributed by atoms with van der Waals surface area (Å²) in [6, 6.07) is 9.81. The second-order valence-electron chi connectivity index (χ2n) is 4.46. The van der Waals surface area contributed by atoms with Crippen molar-refractivity contribution in [2.45, 2.75) is 6.18 Å². The fourth-order valence-corrected chi connectivity index (χ4v) is 2.42. The maximum atomic E-state index is 12.6. The Labute approximate surface area is 122 Å². The zero-order chi connectivity index (χ0) is 15.2. The highest BCUT2D eigenvalue weighted by Gasteiger charge is 2.30. The third kappa shape index (κ3) is 2.31. The topological polar surface area (TPSA) is 43.8 Å². The van der Waals surface area contributed by atoms with E-state index in [-0.39, 0.29) is 5.95 Å². The van der Waals surface area contributed by atoms with Crippen molar-refractivity contribution in [1.82, 2.24) is 9.55 Å². The highest BCUT2D eigenvalue weighted by molar-refractivity contribution is 6.35. The van der Waals surface area contributed by atoms with E-state index in [0.717, 1.165) is 12.1 Å². The third-order valence-corrected chi connectivity index (χ3v) is 3.41. The summed E-state index contributed by atoms with van der Waals surface area (Å²) in [7, 11) is 0. The van der Waals surface area contributed by atoms with Gasteiger partial charge in [-0.25, -0.2) is 4.98 Å². The number of anilines is 1. The molecule has 3 rings (SSSR count). The maximum Gasteiger partial charge on any atom is 0.416 e. The second-order valence-corrected chi connectivity index (χ2v) is 4.86. The molecule has 0 aliphatic carbocycles. The molecule has 3 nitrogen and oxygen atoms in total. The van der Waals surface area contributed by atoms with E-state index >= 15 is 0 Å². The summed E-state index contributed by atoms with van der Waals surface area (Å²) in [5.74, 6) is 0.165. The van der Waals surface area contributed by atoms with Crippen LogP contribution in [0.15, 0.2) is 42.5 Å². The van der Waals surface area contributed by atoms with Crippen LogP contribution in [0.3, 0.4) is 0 Å². The van der Waals surface area contributed by atoms with Gasteiger partial charge in [0.05, 0.1) is 21.6 Å². The van der Waals surface area contributed by atoms with Gasteiger partial charge in [-0.3, -0.25) is 4.57 Å². The molecule has 2 N–H and O–H groups in total. The molecule has 0 radical (unpaired) electrons. The summed E-state index contributed by atoms with van der Waals surface area (Å²) in [4.78, 5) is 4.16. The number of nitrogens with zero attached hydrogens (tertiary/aromatic N) is 2. The Bertz CT molecular complexity index is 807. The number of alkyl halides is 3. The normalized spacial score (nSPS) is 12.0. The Balaban J connectivity index is 2.19. The van der Waals surface area contributed by atoms with Crippen molar-refractivity contribution in [3.05, 3.63) is 53.1 Å². The van der Waals surface area contributed by atoms with Crippen molar-refractivity contribution < 1.29 is 13.2 Å². The van der Waals surface area contributed by atoms with Gasteiger partial charge in [0.2, 0.25) is 5.95 Å². The molecule has 0 saturated heterocycles. The van der Waals surface area contributed by atoms with Crippen molar-refractivity contribution in [3.8, 4) is 5.69 Å². The van der Waals surface area contributed by atoms with Crippen LogP contribution in [0.5, 0.6) is 0 Å². The van der Waals surface area contributed by atoms with E-state index in [2.05, 4.69) is 4.98 Å². The van der Waals surface area contributed by atoms with E-state index in [4.69, 9.17) is 17.3 Å². The molecule has 2 aromatic carbocycles. The molecule has 1 aromatic heterocycles. The summed E-state index contributed by atoms with van der Waals surface area (Å²) in [5, 5.41) is 0.427. The molecule has 7 heteroatoms. The van der Waals surface area contributed by atoms with Crippen molar-refractivity contribution >= 4 is 28.6 Å². The van der Waals surface area contributed by atoms with Crippen molar-refractivity contribution in [2.75, 3.05) is 5.73 Å². The number of hydrogen-bond donors (Lipinski definition) is 1. The average molecular weight is 312 g/mol. The Hall–Kier alpha value is -2.21. The number of para-hydroxylation sites is 1.